The molecule has 1 aliphatic heterocycles. The summed E-state index contributed by atoms with van der Waals surface area (Å²) in [6.07, 6.45) is 11.3. The first-order chi connectivity index (χ1) is 25.7. The van der Waals surface area contributed by atoms with Crippen LogP contribution in [0.5, 0.6) is 0 Å². The third-order valence-electron chi connectivity index (χ3n) is 9.91. The number of hydrogen-bond acceptors (Lipinski definition) is 5. The van der Waals surface area contributed by atoms with Crippen molar-refractivity contribution in [3.63, 3.8) is 0 Å². The highest BCUT2D eigenvalue weighted by Crippen LogP contribution is 2.52. The first-order valence-corrected chi connectivity index (χ1v) is 18.6. The minimum Gasteiger partial charge on any atom is -0.462 e. The van der Waals surface area contributed by atoms with Crippen LogP contribution in [0.1, 0.15) is 86.3 Å². The van der Waals surface area contributed by atoms with E-state index in [0.717, 1.165) is 29.5 Å². The van der Waals surface area contributed by atoms with Gasteiger partial charge in [0.25, 0.3) is 0 Å². The van der Waals surface area contributed by atoms with Crippen LogP contribution in [0, 0.1) is 0 Å². The Labute approximate surface area is 313 Å². The number of anilines is 2. The molecule has 5 aromatic rings. The molecule has 0 radical (unpaired) electrons. The maximum absolute atomic E-state index is 13.3. The van der Waals surface area contributed by atoms with Crippen molar-refractivity contribution in [2.45, 2.75) is 71.1 Å². The summed E-state index contributed by atoms with van der Waals surface area (Å²) >= 11 is 0. The lowest BCUT2D eigenvalue weighted by atomic mass is 9.95. The van der Waals surface area contributed by atoms with Crippen molar-refractivity contribution in [1.29, 1.82) is 0 Å². The zero-order valence-electron chi connectivity index (χ0n) is 31.0. The standard InChI is InChI=1S/C47H47N2O4/c1-5-52-46(51)41(37-25-27-48(28-26-37)32-45(50)53-47(2,3)4)30-34-21-24-44-42(31-34)39-17-12-18-43(39)49(44)38-22-19-33(20-23-38)29-40(35-13-8-6-9-14-35)36-15-10-7-11-16-36/h6-11,13-16,19-31,39,43H,5,12,17-18,32H2,1-4H3/q+1. The highest BCUT2D eigenvalue weighted by molar-refractivity contribution is 6.21. The van der Waals surface area contributed by atoms with Crippen molar-refractivity contribution in [2.75, 3.05) is 11.5 Å². The van der Waals surface area contributed by atoms with E-state index < -0.39 is 5.60 Å². The second-order valence-corrected chi connectivity index (χ2v) is 14.8. The summed E-state index contributed by atoms with van der Waals surface area (Å²) in [5, 5.41) is 0. The second-order valence-electron chi connectivity index (χ2n) is 14.8. The average Bonchev–Trinajstić information content (AvgIpc) is 3.75. The number of ether oxygens (including phenoxy) is 2. The molecule has 0 bridgehead atoms. The molecule has 0 amide bonds. The van der Waals surface area contributed by atoms with Crippen LogP contribution in [-0.2, 0) is 25.6 Å². The number of fused-ring (bicyclic) bond motifs is 3. The van der Waals surface area contributed by atoms with Crippen molar-refractivity contribution in [2.24, 2.45) is 0 Å². The highest BCUT2D eigenvalue weighted by atomic mass is 16.6. The molecule has 1 fully saturated rings. The molecule has 1 saturated carbocycles. The first kappa shape index (κ1) is 35.6. The number of nitrogens with zero attached hydrogens (tertiary/aromatic N) is 2. The molecule has 53 heavy (non-hydrogen) atoms. The summed E-state index contributed by atoms with van der Waals surface area (Å²) in [7, 11) is 0. The highest BCUT2D eigenvalue weighted by Gasteiger charge is 2.42. The van der Waals surface area contributed by atoms with Gasteiger partial charge in [0.15, 0.2) is 12.4 Å². The first-order valence-electron chi connectivity index (χ1n) is 18.6. The molecule has 6 heteroatoms. The molecular formula is C47H47N2O4+. The molecule has 0 saturated heterocycles. The van der Waals surface area contributed by atoms with E-state index in [2.05, 4.69) is 114 Å². The second kappa shape index (κ2) is 15.5. The molecule has 0 N–H and O–H groups in total. The molecule has 2 unspecified atom stereocenters. The summed E-state index contributed by atoms with van der Waals surface area (Å²) in [4.78, 5) is 28.2. The van der Waals surface area contributed by atoms with Crippen LogP contribution in [0.3, 0.4) is 0 Å². The quantitative estimate of drug-likeness (QED) is 0.0628. The van der Waals surface area contributed by atoms with Crippen LogP contribution in [-0.4, -0.2) is 30.2 Å². The number of hydrogen-bond donors (Lipinski definition) is 0. The van der Waals surface area contributed by atoms with Gasteiger partial charge in [0, 0.05) is 41.0 Å². The zero-order chi connectivity index (χ0) is 37.0. The van der Waals surface area contributed by atoms with Gasteiger partial charge in [0.05, 0.1) is 12.2 Å². The number of aromatic nitrogens is 1. The molecule has 1 aliphatic carbocycles. The molecule has 0 spiro atoms. The van der Waals surface area contributed by atoms with Gasteiger partial charge in [-0.2, -0.15) is 4.57 Å². The normalized spacial score (nSPS) is 16.5. The minimum atomic E-state index is -0.555. The number of rotatable bonds is 10. The lowest BCUT2D eigenvalue weighted by Crippen LogP contribution is -2.40. The fourth-order valence-corrected chi connectivity index (χ4v) is 7.67. The summed E-state index contributed by atoms with van der Waals surface area (Å²) in [6, 6.07) is 40.7. The smallest absolute Gasteiger partial charge is 0.373 e. The topological polar surface area (TPSA) is 59.7 Å². The predicted molar refractivity (Wildman–Crippen MR) is 212 cm³/mol. The Hall–Kier alpha value is -5.75. The van der Waals surface area contributed by atoms with Gasteiger partial charge >= 0.3 is 11.9 Å². The van der Waals surface area contributed by atoms with E-state index in [0.29, 0.717) is 17.5 Å². The van der Waals surface area contributed by atoms with Crippen molar-refractivity contribution in [3.05, 3.63) is 161 Å². The number of carbonyl (C=O) groups excluding carboxylic acids is 2. The molecule has 1 aromatic heterocycles. The van der Waals surface area contributed by atoms with Gasteiger partial charge in [-0.25, -0.2) is 9.59 Å². The van der Waals surface area contributed by atoms with Gasteiger partial charge in [0.2, 0.25) is 6.54 Å². The largest absolute Gasteiger partial charge is 0.462 e. The van der Waals surface area contributed by atoms with Crippen LogP contribution in [0.15, 0.2) is 128 Å². The summed E-state index contributed by atoms with van der Waals surface area (Å²) < 4.78 is 12.7. The van der Waals surface area contributed by atoms with Gasteiger partial charge in [-0.1, -0.05) is 85.3 Å². The molecule has 7 rings (SSSR count). The molecular weight excluding hydrogens is 657 g/mol. The Morgan fingerprint density at radius 3 is 2.04 bits per heavy atom. The Morgan fingerprint density at radius 2 is 1.42 bits per heavy atom. The molecule has 4 aromatic carbocycles. The predicted octanol–water partition coefficient (Wildman–Crippen LogP) is 9.80. The Kier molecular flexibility index (Phi) is 10.4. The molecule has 6 nitrogen and oxygen atoms in total. The van der Waals surface area contributed by atoms with Gasteiger partial charge in [-0.3, -0.25) is 0 Å². The summed E-state index contributed by atoms with van der Waals surface area (Å²) in [5.41, 5.74) is 10.1. The summed E-state index contributed by atoms with van der Waals surface area (Å²) in [6.45, 7) is 7.73. The molecule has 2 atom stereocenters. The van der Waals surface area contributed by atoms with Crippen LogP contribution >= 0.6 is 0 Å². The Balaban J connectivity index is 1.17. The van der Waals surface area contributed by atoms with Crippen molar-refractivity contribution >= 4 is 46.6 Å². The van der Waals surface area contributed by atoms with Crippen molar-refractivity contribution in [1.82, 2.24) is 0 Å². The van der Waals surface area contributed by atoms with E-state index in [9.17, 15) is 9.59 Å². The Bertz CT molecular complexity index is 2090. The fraction of sp³-hybridized carbons (Fsp3) is 0.255. The molecule has 2 aliphatic rings. The fourth-order valence-electron chi connectivity index (χ4n) is 7.67. The average molecular weight is 704 g/mol. The number of esters is 2. The lowest BCUT2D eigenvalue weighted by Gasteiger charge is -2.27. The van der Waals surface area contributed by atoms with Gasteiger partial charge < -0.3 is 14.4 Å². The molecule has 2 heterocycles. The minimum absolute atomic E-state index is 0.0850. The number of carbonyl (C=O) groups is 2. The van der Waals surface area contributed by atoms with E-state index >= 15 is 0 Å². The SMILES string of the molecule is CCOC(=O)C(=Cc1ccc2c(c1)C1CCCC1N2c1ccc(C=C(c2ccccc2)c2ccccc2)cc1)c1cc[n+](CC(=O)OC(C)(C)C)cc1. The van der Waals surface area contributed by atoms with E-state index in [4.69, 9.17) is 9.47 Å². The maximum Gasteiger partial charge on any atom is 0.373 e. The Morgan fingerprint density at radius 1 is 0.774 bits per heavy atom. The van der Waals surface area contributed by atoms with Crippen molar-refractivity contribution in [3.8, 4) is 0 Å². The van der Waals surface area contributed by atoms with Crippen LogP contribution in [0.25, 0.3) is 23.3 Å². The van der Waals surface area contributed by atoms with E-state index in [1.54, 1.807) is 17.0 Å². The third kappa shape index (κ3) is 8.18. The lowest BCUT2D eigenvalue weighted by molar-refractivity contribution is -0.686. The third-order valence-corrected chi connectivity index (χ3v) is 9.91. The monoisotopic (exact) mass is 703 g/mol. The van der Waals surface area contributed by atoms with E-state index in [1.165, 1.54) is 40.1 Å². The van der Waals surface area contributed by atoms with Crippen molar-refractivity contribution < 1.29 is 23.6 Å². The molecule has 268 valence electrons. The van der Waals surface area contributed by atoms with E-state index in [-0.39, 0.29) is 25.1 Å². The van der Waals surface area contributed by atoms with Gasteiger partial charge in [0.1, 0.15) is 5.60 Å². The van der Waals surface area contributed by atoms with Crippen LogP contribution in [0.2, 0.25) is 0 Å². The zero-order valence-corrected chi connectivity index (χ0v) is 31.0. The van der Waals surface area contributed by atoms with Gasteiger partial charge in [-0.15, -0.1) is 0 Å². The van der Waals surface area contributed by atoms with Crippen LogP contribution in [0.4, 0.5) is 11.4 Å². The van der Waals surface area contributed by atoms with Crippen LogP contribution < -0.4 is 9.47 Å². The van der Waals surface area contributed by atoms with E-state index in [1.807, 2.05) is 45.9 Å². The summed E-state index contributed by atoms with van der Waals surface area (Å²) in [5.74, 6) is -0.271. The maximum atomic E-state index is 13.3. The number of benzene rings is 4. The number of pyridine rings is 1. The van der Waals surface area contributed by atoms with Gasteiger partial charge in [-0.05, 0) is 110 Å².